The Balaban J connectivity index is 1.81. The van der Waals surface area contributed by atoms with E-state index in [2.05, 4.69) is 20.2 Å². The Labute approximate surface area is 155 Å². The van der Waals surface area contributed by atoms with Gasteiger partial charge in [-0.2, -0.15) is 13.2 Å². The fraction of sp³-hybridized carbons (Fsp3) is 0.0588. The van der Waals surface area contributed by atoms with Crippen LogP contribution in [-0.2, 0) is 6.18 Å². The lowest BCUT2D eigenvalue weighted by atomic mass is 10.1. The Morgan fingerprint density at radius 3 is 2.30 bits per heavy atom. The highest BCUT2D eigenvalue weighted by atomic mass is 32.2. The molecule has 0 unspecified atom stereocenters. The van der Waals surface area contributed by atoms with Gasteiger partial charge in [0.05, 0.1) is 11.2 Å². The minimum absolute atomic E-state index is 0.156. The van der Waals surface area contributed by atoms with Crippen molar-refractivity contribution in [3.63, 3.8) is 0 Å². The van der Waals surface area contributed by atoms with Crippen LogP contribution in [0.2, 0.25) is 0 Å². The molecule has 6 nitrogen and oxygen atoms in total. The van der Waals surface area contributed by atoms with E-state index in [-0.39, 0.29) is 10.3 Å². The first-order valence-corrected chi connectivity index (χ1v) is 8.53. The molecule has 2 heterocycles. The van der Waals surface area contributed by atoms with Gasteiger partial charge in [0.25, 0.3) is 5.82 Å². The number of nitrogens with zero attached hydrogens (tertiary/aromatic N) is 5. The summed E-state index contributed by atoms with van der Waals surface area (Å²) in [6.07, 6.45) is -4.69. The highest BCUT2D eigenvalue weighted by Gasteiger charge is 2.38. The zero-order valence-corrected chi connectivity index (χ0v) is 14.4. The fourth-order valence-corrected chi connectivity index (χ4v) is 3.25. The van der Waals surface area contributed by atoms with E-state index >= 15 is 0 Å². The summed E-state index contributed by atoms with van der Waals surface area (Å²) in [5.74, 6) is 4.21. The lowest BCUT2D eigenvalue weighted by Crippen LogP contribution is -2.21. The summed E-state index contributed by atoms with van der Waals surface area (Å²) in [5, 5.41) is 7.52. The summed E-state index contributed by atoms with van der Waals surface area (Å²) in [6.45, 7) is 0. The second kappa shape index (κ2) is 6.54. The molecule has 0 saturated carbocycles. The predicted octanol–water partition coefficient (Wildman–Crippen LogP) is 3.77. The number of halogens is 3. The van der Waals surface area contributed by atoms with Crippen LogP contribution in [0, 0.1) is 0 Å². The monoisotopic (exact) mass is 388 g/mol. The SMILES string of the molecule is Nn1c(Sc2nc(-c3ccccc3)c3ccccc3n2)nnc1C(F)(F)F. The molecule has 0 saturated heterocycles. The normalized spacial score (nSPS) is 11.8. The van der Waals surface area contributed by atoms with Gasteiger partial charge in [-0.05, 0) is 17.8 Å². The number of fused-ring (bicyclic) bond motifs is 1. The van der Waals surface area contributed by atoms with E-state index < -0.39 is 12.0 Å². The van der Waals surface area contributed by atoms with Crippen LogP contribution >= 0.6 is 11.8 Å². The Morgan fingerprint density at radius 1 is 0.889 bits per heavy atom. The largest absolute Gasteiger partial charge is 0.453 e. The first-order valence-electron chi connectivity index (χ1n) is 7.71. The summed E-state index contributed by atoms with van der Waals surface area (Å²) in [4.78, 5) is 8.92. The standard InChI is InChI=1S/C17H11F3N6S/c18-17(19,20)14-24-25-16(26(14)21)27-15-22-12-9-5-4-8-11(12)13(23-15)10-6-2-1-3-7-10/h1-9H,21H2. The number of alkyl halides is 3. The van der Waals surface area contributed by atoms with E-state index in [0.717, 1.165) is 22.7 Å². The van der Waals surface area contributed by atoms with Gasteiger partial charge < -0.3 is 5.84 Å². The van der Waals surface area contributed by atoms with Crippen molar-refractivity contribution in [2.45, 2.75) is 16.5 Å². The molecule has 0 atom stereocenters. The molecule has 4 aromatic rings. The lowest BCUT2D eigenvalue weighted by molar-refractivity contribution is -0.146. The molecule has 4 rings (SSSR count). The van der Waals surface area contributed by atoms with Gasteiger partial charge in [0.2, 0.25) is 5.16 Å². The van der Waals surface area contributed by atoms with E-state index in [0.29, 0.717) is 15.9 Å². The van der Waals surface area contributed by atoms with Crippen LogP contribution in [0.3, 0.4) is 0 Å². The van der Waals surface area contributed by atoms with E-state index in [4.69, 9.17) is 5.84 Å². The van der Waals surface area contributed by atoms with E-state index in [1.54, 1.807) is 0 Å². The number of rotatable bonds is 3. The van der Waals surface area contributed by atoms with Gasteiger partial charge >= 0.3 is 6.18 Å². The molecule has 0 fully saturated rings. The van der Waals surface area contributed by atoms with Crippen molar-refractivity contribution in [3.05, 3.63) is 60.4 Å². The fourth-order valence-electron chi connectivity index (χ4n) is 2.54. The van der Waals surface area contributed by atoms with Crippen LogP contribution in [0.15, 0.2) is 64.9 Å². The summed E-state index contributed by atoms with van der Waals surface area (Å²) in [7, 11) is 0. The number of para-hydroxylation sites is 1. The van der Waals surface area contributed by atoms with Gasteiger partial charge in [0.1, 0.15) is 0 Å². The minimum Gasteiger partial charge on any atom is -0.335 e. The first kappa shape index (κ1) is 17.3. The molecule has 2 aromatic carbocycles. The van der Waals surface area contributed by atoms with Crippen LogP contribution in [0.4, 0.5) is 13.2 Å². The molecule has 0 bridgehead atoms. The summed E-state index contributed by atoms with van der Waals surface area (Å²) in [6, 6.07) is 16.8. The number of nitrogens with two attached hydrogens (primary N) is 1. The molecule has 2 N–H and O–H groups in total. The van der Waals surface area contributed by atoms with Crippen molar-refractivity contribution >= 4 is 22.7 Å². The summed E-state index contributed by atoms with van der Waals surface area (Å²) in [5.41, 5.74) is 2.19. The van der Waals surface area contributed by atoms with Crippen molar-refractivity contribution in [3.8, 4) is 11.3 Å². The quantitative estimate of drug-likeness (QED) is 0.425. The van der Waals surface area contributed by atoms with Crippen molar-refractivity contribution in [1.29, 1.82) is 0 Å². The van der Waals surface area contributed by atoms with Crippen LogP contribution < -0.4 is 5.84 Å². The molecule has 0 aliphatic heterocycles. The summed E-state index contributed by atoms with van der Waals surface area (Å²) < 4.78 is 38.9. The molecule has 0 radical (unpaired) electrons. The van der Waals surface area contributed by atoms with Crippen LogP contribution in [0.1, 0.15) is 5.82 Å². The number of aromatic nitrogens is 5. The number of benzene rings is 2. The molecule has 0 aliphatic carbocycles. The third-order valence-electron chi connectivity index (χ3n) is 3.73. The average molecular weight is 388 g/mol. The molecule has 10 heteroatoms. The lowest BCUT2D eigenvalue weighted by Gasteiger charge is -2.09. The number of nitrogen functional groups attached to an aromatic ring is 1. The van der Waals surface area contributed by atoms with Crippen molar-refractivity contribution in [1.82, 2.24) is 24.8 Å². The van der Waals surface area contributed by atoms with Gasteiger partial charge in [-0.25, -0.2) is 14.6 Å². The maximum Gasteiger partial charge on any atom is 0.453 e. The van der Waals surface area contributed by atoms with Gasteiger partial charge in [-0.1, -0.05) is 48.5 Å². The highest BCUT2D eigenvalue weighted by Crippen LogP contribution is 2.33. The molecule has 136 valence electrons. The Hall–Kier alpha value is -3.14. The Kier molecular flexibility index (Phi) is 4.19. The van der Waals surface area contributed by atoms with Crippen molar-refractivity contribution in [2.24, 2.45) is 0 Å². The van der Waals surface area contributed by atoms with E-state index in [1.807, 2.05) is 54.6 Å². The molecule has 0 aliphatic rings. The zero-order chi connectivity index (χ0) is 19.0. The Bertz CT molecular complexity index is 1110. The van der Waals surface area contributed by atoms with Gasteiger partial charge in [-0.15, -0.1) is 10.2 Å². The molecular weight excluding hydrogens is 377 g/mol. The van der Waals surface area contributed by atoms with Gasteiger partial charge in [0, 0.05) is 10.9 Å². The second-order valence-electron chi connectivity index (χ2n) is 5.51. The molecule has 27 heavy (non-hydrogen) atoms. The van der Waals surface area contributed by atoms with Crippen molar-refractivity contribution in [2.75, 3.05) is 5.84 Å². The molecular formula is C17H11F3N6S. The maximum atomic E-state index is 12.9. The maximum absolute atomic E-state index is 12.9. The third-order valence-corrected chi connectivity index (χ3v) is 4.56. The zero-order valence-electron chi connectivity index (χ0n) is 13.6. The van der Waals surface area contributed by atoms with Crippen LogP contribution in [0.25, 0.3) is 22.2 Å². The van der Waals surface area contributed by atoms with E-state index in [9.17, 15) is 13.2 Å². The third kappa shape index (κ3) is 3.31. The Morgan fingerprint density at radius 2 is 1.59 bits per heavy atom. The smallest absolute Gasteiger partial charge is 0.335 e. The first-order chi connectivity index (χ1) is 12.9. The van der Waals surface area contributed by atoms with Crippen molar-refractivity contribution < 1.29 is 13.2 Å². The van der Waals surface area contributed by atoms with E-state index in [1.165, 1.54) is 0 Å². The highest BCUT2D eigenvalue weighted by molar-refractivity contribution is 7.99. The van der Waals surface area contributed by atoms with Crippen LogP contribution in [-0.4, -0.2) is 24.8 Å². The van der Waals surface area contributed by atoms with Gasteiger partial charge in [0.15, 0.2) is 5.16 Å². The molecule has 0 spiro atoms. The summed E-state index contributed by atoms with van der Waals surface area (Å²) >= 11 is 0.817. The number of hydrogen-bond donors (Lipinski definition) is 1. The molecule has 2 aromatic heterocycles. The van der Waals surface area contributed by atoms with Gasteiger partial charge in [-0.3, -0.25) is 0 Å². The average Bonchev–Trinajstić information content (AvgIpc) is 3.02. The minimum atomic E-state index is -4.69. The van der Waals surface area contributed by atoms with Crippen LogP contribution in [0.5, 0.6) is 0 Å². The second-order valence-corrected chi connectivity index (χ2v) is 6.45. The topological polar surface area (TPSA) is 82.5 Å². The number of hydrogen-bond acceptors (Lipinski definition) is 6. The predicted molar refractivity (Wildman–Crippen MR) is 94.3 cm³/mol. The molecule has 0 amide bonds.